The van der Waals surface area contributed by atoms with Crippen LogP contribution in [0.1, 0.15) is 32.1 Å². The molecule has 0 aromatic rings. The van der Waals surface area contributed by atoms with Gasteiger partial charge < -0.3 is 9.84 Å². The van der Waals surface area contributed by atoms with Gasteiger partial charge in [0.1, 0.15) is 6.61 Å². The summed E-state index contributed by atoms with van der Waals surface area (Å²) < 4.78 is 5.05. The van der Waals surface area contributed by atoms with Crippen molar-refractivity contribution < 1.29 is 14.6 Å². The van der Waals surface area contributed by atoms with Crippen molar-refractivity contribution in [2.75, 3.05) is 13.2 Å². The Morgan fingerprint density at radius 1 is 1.29 bits per heavy atom. The molecule has 0 saturated heterocycles. The second kappa shape index (κ2) is 6.60. The summed E-state index contributed by atoms with van der Waals surface area (Å²) in [7, 11) is 0. The fraction of sp³-hybridized carbons (Fsp3) is 0.727. The Morgan fingerprint density at radius 2 is 2.00 bits per heavy atom. The number of hydrogen-bond acceptors (Lipinski definition) is 3. The molecule has 0 heterocycles. The second-order valence-electron chi connectivity index (χ2n) is 3.62. The molecule has 0 aliphatic heterocycles. The van der Waals surface area contributed by atoms with Crippen LogP contribution in [0.4, 0.5) is 0 Å². The Hall–Kier alpha value is -0.830. The van der Waals surface area contributed by atoms with E-state index >= 15 is 0 Å². The van der Waals surface area contributed by atoms with Gasteiger partial charge in [0.05, 0.1) is 12.5 Å². The quantitative estimate of drug-likeness (QED) is 0.552. The van der Waals surface area contributed by atoms with Gasteiger partial charge in [0.15, 0.2) is 0 Å². The number of rotatable bonds is 4. The SMILES string of the molecule is O=C(OCC=CCO)C1CCCCC1. The Morgan fingerprint density at radius 3 is 2.64 bits per heavy atom. The van der Waals surface area contributed by atoms with Crippen molar-refractivity contribution in [2.24, 2.45) is 5.92 Å². The van der Waals surface area contributed by atoms with Gasteiger partial charge in [0.2, 0.25) is 0 Å². The van der Waals surface area contributed by atoms with Crippen molar-refractivity contribution in [1.82, 2.24) is 0 Å². The van der Waals surface area contributed by atoms with E-state index in [1.165, 1.54) is 6.42 Å². The van der Waals surface area contributed by atoms with Crippen LogP contribution in [-0.2, 0) is 9.53 Å². The molecule has 80 valence electrons. The van der Waals surface area contributed by atoms with E-state index in [2.05, 4.69) is 0 Å². The number of ether oxygens (including phenoxy) is 1. The lowest BCUT2D eigenvalue weighted by Gasteiger charge is -2.19. The largest absolute Gasteiger partial charge is 0.461 e. The van der Waals surface area contributed by atoms with Crippen molar-refractivity contribution in [3.8, 4) is 0 Å². The molecular weight excluding hydrogens is 180 g/mol. The van der Waals surface area contributed by atoms with Crippen LogP contribution in [0.25, 0.3) is 0 Å². The first-order valence-corrected chi connectivity index (χ1v) is 5.27. The van der Waals surface area contributed by atoms with E-state index in [-0.39, 0.29) is 25.1 Å². The first kappa shape index (κ1) is 11.2. The van der Waals surface area contributed by atoms with Gasteiger partial charge >= 0.3 is 5.97 Å². The monoisotopic (exact) mass is 198 g/mol. The van der Waals surface area contributed by atoms with Gasteiger partial charge in [-0.2, -0.15) is 0 Å². The maximum atomic E-state index is 11.4. The number of hydrogen-bond donors (Lipinski definition) is 1. The predicted octanol–water partition coefficient (Wildman–Crippen LogP) is 1.66. The topological polar surface area (TPSA) is 46.5 Å². The predicted molar refractivity (Wildman–Crippen MR) is 53.8 cm³/mol. The highest BCUT2D eigenvalue weighted by Crippen LogP contribution is 2.24. The van der Waals surface area contributed by atoms with Crippen LogP contribution >= 0.6 is 0 Å². The Kier molecular flexibility index (Phi) is 5.30. The van der Waals surface area contributed by atoms with Crippen LogP contribution in [0.3, 0.4) is 0 Å². The third kappa shape index (κ3) is 3.92. The average Bonchev–Trinajstić information content (AvgIpc) is 2.25. The summed E-state index contributed by atoms with van der Waals surface area (Å²) in [6.07, 6.45) is 8.73. The maximum absolute atomic E-state index is 11.4. The summed E-state index contributed by atoms with van der Waals surface area (Å²) in [6.45, 7) is 0.289. The van der Waals surface area contributed by atoms with E-state index in [4.69, 9.17) is 9.84 Å². The highest BCUT2D eigenvalue weighted by Gasteiger charge is 2.21. The summed E-state index contributed by atoms with van der Waals surface area (Å²) in [5, 5.41) is 8.45. The number of aliphatic hydroxyl groups excluding tert-OH is 1. The van der Waals surface area contributed by atoms with Crippen molar-refractivity contribution in [1.29, 1.82) is 0 Å². The zero-order chi connectivity index (χ0) is 10.2. The van der Waals surface area contributed by atoms with Crippen LogP contribution in [0, 0.1) is 5.92 Å². The zero-order valence-corrected chi connectivity index (χ0v) is 8.45. The fourth-order valence-electron chi connectivity index (χ4n) is 1.73. The Labute approximate surface area is 84.8 Å². The van der Waals surface area contributed by atoms with Gasteiger partial charge in [-0.15, -0.1) is 0 Å². The van der Waals surface area contributed by atoms with E-state index in [9.17, 15) is 4.79 Å². The highest BCUT2D eigenvalue weighted by molar-refractivity contribution is 5.72. The van der Waals surface area contributed by atoms with Crippen LogP contribution in [0.15, 0.2) is 12.2 Å². The van der Waals surface area contributed by atoms with Gasteiger partial charge in [-0.1, -0.05) is 25.3 Å². The minimum atomic E-state index is -0.0766. The zero-order valence-electron chi connectivity index (χ0n) is 8.45. The van der Waals surface area contributed by atoms with Crippen molar-refractivity contribution in [3.05, 3.63) is 12.2 Å². The summed E-state index contributed by atoms with van der Waals surface area (Å²) in [5.74, 6) is 0.0403. The van der Waals surface area contributed by atoms with Crippen molar-refractivity contribution in [2.45, 2.75) is 32.1 Å². The molecule has 0 aromatic carbocycles. The van der Waals surface area contributed by atoms with Crippen molar-refractivity contribution in [3.63, 3.8) is 0 Å². The number of carbonyl (C=O) groups is 1. The number of carbonyl (C=O) groups excluding carboxylic acids is 1. The number of aliphatic hydroxyl groups is 1. The normalized spacial score (nSPS) is 18.6. The summed E-state index contributed by atoms with van der Waals surface area (Å²) in [6, 6.07) is 0. The molecule has 1 saturated carbocycles. The smallest absolute Gasteiger partial charge is 0.309 e. The lowest BCUT2D eigenvalue weighted by Crippen LogP contribution is -2.20. The third-order valence-electron chi connectivity index (χ3n) is 2.53. The Bertz CT molecular complexity index is 193. The van der Waals surface area contributed by atoms with Gasteiger partial charge in [-0.3, -0.25) is 4.79 Å². The molecule has 0 spiro atoms. The average molecular weight is 198 g/mol. The van der Waals surface area contributed by atoms with E-state index in [0.29, 0.717) is 0 Å². The molecule has 3 nitrogen and oxygen atoms in total. The van der Waals surface area contributed by atoms with Gasteiger partial charge in [0, 0.05) is 0 Å². The first-order chi connectivity index (χ1) is 6.84. The molecule has 0 aromatic heterocycles. The molecule has 0 unspecified atom stereocenters. The van der Waals surface area contributed by atoms with Gasteiger partial charge in [-0.05, 0) is 18.9 Å². The second-order valence-corrected chi connectivity index (χ2v) is 3.62. The van der Waals surface area contributed by atoms with E-state index < -0.39 is 0 Å². The minimum absolute atomic E-state index is 0.000971. The molecule has 3 heteroatoms. The molecular formula is C11H18O3. The lowest BCUT2D eigenvalue weighted by atomic mass is 9.89. The van der Waals surface area contributed by atoms with E-state index in [1.54, 1.807) is 12.2 Å². The van der Waals surface area contributed by atoms with Gasteiger partial charge in [0.25, 0.3) is 0 Å². The number of esters is 1. The third-order valence-corrected chi connectivity index (χ3v) is 2.53. The molecule has 1 aliphatic rings. The van der Waals surface area contributed by atoms with Crippen LogP contribution < -0.4 is 0 Å². The molecule has 0 atom stereocenters. The minimum Gasteiger partial charge on any atom is -0.461 e. The molecule has 0 radical (unpaired) electrons. The lowest BCUT2D eigenvalue weighted by molar-refractivity contribution is -0.148. The first-order valence-electron chi connectivity index (χ1n) is 5.27. The molecule has 1 aliphatic carbocycles. The van der Waals surface area contributed by atoms with Crippen LogP contribution in [-0.4, -0.2) is 24.3 Å². The Balaban J connectivity index is 2.16. The molecule has 1 rings (SSSR count). The fourth-order valence-corrected chi connectivity index (χ4v) is 1.73. The van der Waals surface area contributed by atoms with E-state index in [1.807, 2.05) is 0 Å². The van der Waals surface area contributed by atoms with Crippen molar-refractivity contribution >= 4 is 5.97 Å². The molecule has 0 amide bonds. The maximum Gasteiger partial charge on any atom is 0.309 e. The summed E-state index contributed by atoms with van der Waals surface area (Å²) in [4.78, 5) is 11.4. The molecule has 1 N–H and O–H groups in total. The van der Waals surface area contributed by atoms with Crippen LogP contribution in [0.2, 0.25) is 0 Å². The van der Waals surface area contributed by atoms with E-state index in [0.717, 1.165) is 25.7 Å². The van der Waals surface area contributed by atoms with Gasteiger partial charge in [-0.25, -0.2) is 0 Å². The summed E-state index contributed by atoms with van der Waals surface area (Å²) in [5.41, 5.74) is 0. The highest BCUT2D eigenvalue weighted by atomic mass is 16.5. The molecule has 0 bridgehead atoms. The molecule has 14 heavy (non-hydrogen) atoms. The molecule has 1 fully saturated rings. The standard InChI is InChI=1S/C11H18O3/c12-8-4-5-9-14-11(13)10-6-2-1-3-7-10/h4-5,10,12H,1-3,6-9H2. The summed E-state index contributed by atoms with van der Waals surface area (Å²) >= 11 is 0. The van der Waals surface area contributed by atoms with Crippen LogP contribution in [0.5, 0.6) is 0 Å².